The van der Waals surface area contributed by atoms with Crippen molar-refractivity contribution < 1.29 is 19.0 Å². The normalized spacial score (nSPS) is 29.6. The van der Waals surface area contributed by atoms with Crippen LogP contribution in [0, 0.1) is 29.5 Å². The molecule has 0 heterocycles. The van der Waals surface area contributed by atoms with Gasteiger partial charge in [-0.1, -0.05) is 64.2 Å². The minimum Gasteiger partial charge on any atom is -0.459 e. The molecule has 0 atom stereocenters. The van der Waals surface area contributed by atoms with E-state index < -0.39 is 5.97 Å². The van der Waals surface area contributed by atoms with Gasteiger partial charge in [-0.25, -0.2) is 9.18 Å². The molecule has 0 radical (unpaired) electrons. The van der Waals surface area contributed by atoms with Crippen molar-refractivity contribution in [2.45, 2.75) is 135 Å². The molecule has 3 aliphatic carbocycles. The number of ether oxygens (including phenoxy) is 1. The van der Waals surface area contributed by atoms with E-state index in [1.54, 1.807) is 0 Å². The summed E-state index contributed by atoms with van der Waals surface area (Å²) in [6.07, 6.45) is 21.8. The number of aliphatic hydroxyl groups excluding tert-OH is 1. The summed E-state index contributed by atoms with van der Waals surface area (Å²) in [7, 11) is 0. The predicted octanol–water partition coefficient (Wildman–Crippen LogP) is 9.07. The van der Waals surface area contributed by atoms with E-state index in [1.165, 1.54) is 82.6 Å². The summed E-state index contributed by atoms with van der Waals surface area (Å²) < 4.78 is 20.6. The predicted molar refractivity (Wildman–Crippen MR) is 157 cm³/mol. The van der Waals surface area contributed by atoms with Gasteiger partial charge in [-0.3, -0.25) is 0 Å². The van der Waals surface area contributed by atoms with Gasteiger partial charge in [-0.15, -0.1) is 0 Å². The highest BCUT2D eigenvalue weighted by Crippen LogP contribution is 2.44. The van der Waals surface area contributed by atoms with Crippen molar-refractivity contribution in [1.82, 2.24) is 0 Å². The lowest BCUT2D eigenvalue weighted by Crippen LogP contribution is -2.26. The number of aryl methyl sites for hydroxylation is 1. The second kappa shape index (κ2) is 15.4. The standard InChI is InChI=1S/C35H53FO3/c1-3-4-5-6-26-7-12-28(13-8-26)29-15-17-30(18-16-29)32-20-19-31(34(36)23-32)14-9-27-10-21-33(22-11-27)39-35(38)25(2)24-37/h19-20,23,26-30,33,37H,2-18,21-22,24H2,1H3. The fourth-order valence-electron chi connectivity index (χ4n) is 7.77. The third-order valence-corrected chi connectivity index (χ3v) is 10.5. The summed E-state index contributed by atoms with van der Waals surface area (Å²) in [4.78, 5) is 11.8. The lowest BCUT2D eigenvalue weighted by atomic mass is 9.68. The molecule has 0 aromatic heterocycles. The van der Waals surface area contributed by atoms with E-state index in [0.29, 0.717) is 11.8 Å². The summed E-state index contributed by atoms with van der Waals surface area (Å²) in [6.45, 7) is 5.47. The topological polar surface area (TPSA) is 46.5 Å². The molecule has 0 aliphatic heterocycles. The van der Waals surface area contributed by atoms with Crippen molar-refractivity contribution in [3.8, 4) is 0 Å². The van der Waals surface area contributed by atoms with Crippen LogP contribution in [-0.4, -0.2) is 23.8 Å². The monoisotopic (exact) mass is 540 g/mol. The Labute approximate surface area is 237 Å². The van der Waals surface area contributed by atoms with Gasteiger partial charge < -0.3 is 9.84 Å². The second-order valence-electron chi connectivity index (χ2n) is 13.1. The number of carbonyl (C=O) groups excluding carboxylic acids is 1. The number of aliphatic hydroxyl groups is 1. The molecule has 0 saturated heterocycles. The summed E-state index contributed by atoms with van der Waals surface area (Å²) in [5.41, 5.74) is 2.16. The van der Waals surface area contributed by atoms with Crippen LogP contribution in [0.4, 0.5) is 4.39 Å². The zero-order chi connectivity index (χ0) is 27.6. The maximum Gasteiger partial charge on any atom is 0.336 e. The van der Waals surface area contributed by atoms with Crippen molar-refractivity contribution >= 4 is 5.97 Å². The maximum absolute atomic E-state index is 15.1. The molecule has 3 fully saturated rings. The van der Waals surface area contributed by atoms with Crippen molar-refractivity contribution in [1.29, 1.82) is 0 Å². The van der Waals surface area contributed by atoms with Gasteiger partial charge in [-0.05, 0) is 124 Å². The Balaban J connectivity index is 1.16. The van der Waals surface area contributed by atoms with Gasteiger partial charge >= 0.3 is 5.97 Å². The molecule has 1 aromatic carbocycles. The Morgan fingerprint density at radius 2 is 1.51 bits per heavy atom. The molecule has 3 aliphatic rings. The number of unbranched alkanes of at least 4 members (excludes halogenated alkanes) is 2. The van der Waals surface area contributed by atoms with E-state index >= 15 is 4.39 Å². The van der Waals surface area contributed by atoms with E-state index in [0.717, 1.165) is 61.8 Å². The molecule has 1 aromatic rings. The van der Waals surface area contributed by atoms with Crippen LogP contribution in [0.3, 0.4) is 0 Å². The van der Waals surface area contributed by atoms with Crippen molar-refractivity contribution in [2.75, 3.05) is 6.61 Å². The minimum atomic E-state index is -0.489. The van der Waals surface area contributed by atoms with Crippen LogP contribution >= 0.6 is 0 Å². The molecule has 0 bridgehead atoms. The molecule has 0 unspecified atom stereocenters. The van der Waals surface area contributed by atoms with E-state index in [4.69, 9.17) is 9.84 Å². The zero-order valence-corrected chi connectivity index (χ0v) is 24.5. The molecule has 4 rings (SSSR count). The van der Waals surface area contributed by atoms with Crippen LogP contribution in [0.15, 0.2) is 30.4 Å². The molecule has 0 spiro atoms. The number of carbonyl (C=O) groups is 1. The average molecular weight is 541 g/mol. The Morgan fingerprint density at radius 1 is 0.897 bits per heavy atom. The Bertz CT molecular complexity index is 902. The van der Waals surface area contributed by atoms with Crippen LogP contribution in [-0.2, 0) is 16.0 Å². The fraction of sp³-hybridized carbons (Fsp3) is 0.743. The van der Waals surface area contributed by atoms with Crippen molar-refractivity contribution in [2.24, 2.45) is 23.7 Å². The third kappa shape index (κ3) is 8.90. The lowest BCUT2D eigenvalue weighted by molar-refractivity contribution is -0.146. The number of rotatable bonds is 12. The largest absolute Gasteiger partial charge is 0.459 e. The summed E-state index contributed by atoms with van der Waals surface area (Å²) in [6, 6.07) is 6.09. The van der Waals surface area contributed by atoms with Crippen LogP contribution in [0.1, 0.15) is 133 Å². The summed E-state index contributed by atoms with van der Waals surface area (Å²) in [5, 5.41) is 9.03. The van der Waals surface area contributed by atoms with E-state index in [9.17, 15) is 4.79 Å². The quantitative estimate of drug-likeness (QED) is 0.163. The first-order valence-electron chi connectivity index (χ1n) is 16.2. The van der Waals surface area contributed by atoms with Gasteiger partial charge in [-0.2, -0.15) is 0 Å². The molecule has 3 saturated carbocycles. The first-order valence-corrected chi connectivity index (χ1v) is 16.2. The van der Waals surface area contributed by atoms with Gasteiger partial charge in [0.15, 0.2) is 0 Å². The smallest absolute Gasteiger partial charge is 0.336 e. The Morgan fingerprint density at radius 3 is 2.13 bits per heavy atom. The van der Waals surface area contributed by atoms with E-state index in [2.05, 4.69) is 19.6 Å². The van der Waals surface area contributed by atoms with Crippen LogP contribution < -0.4 is 0 Å². The Hall–Kier alpha value is -1.68. The molecular formula is C35H53FO3. The second-order valence-corrected chi connectivity index (χ2v) is 13.1. The minimum absolute atomic E-state index is 0.0267. The maximum atomic E-state index is 15.1. The molecule has 3 nitrogen and oxygen atoms in total. The number of esters is 1. The number of hydrogen-bond donors (Lipinski definition) is 1. The van der Waals surface area contributed by atoms with Gasteiger partial charge in [0, 0.05) is 0 Å². The lowest BCUT2D eigenvalue weighted by Gasteiger charge is -2.38. The van der Waals surface area contributed by atoms with Crippen molar-refractivity contribution in [3.05, 3.63) is 47.3 Å². The third-order valence-electron chi connectivity index (χ3n) is 10.5. The van der Waals surface area contributed by atoms with E-state index in [-0.39, 0.29) is 24.1 Å². The summed E-state index contributed by atoms with van der Waals surface area (Å²) in [5.74, 6) is 3.38. The SMILES string of the molecule is C=C(CO)C(=O)OC1CCC(CCc2ccc(C3CCC(C4CCC(CCCCC)CC4)CC3)cc2F)CC1. The van der Waals surface area contributed by atoms with Gasteiger partial charge in [0.2, 0.25) is 0 Å². The van der Waals surface area contributed by atoms with Crippen LogP contribution in [0.25, 0.3) is 0 Å². The Kier molecular flexibility index (Phi) is 11.9. The fourth-order valence-corrected chi connectivity index (χ4v) is 7.77. The number of halogens is 1. The molecule has 39 heavy (non-hydrogen) atoms. The molecule has 218 valence electrons. The molecular weight excluding hydrogens is 487 g/mol. The molecule has 0 amide bonds. The highest BCUT2D eigenvalue weighted by atomic mass is 19.1. The van der Waals surface area contributed by atoms with Crippen molar-refractivity contribution in [3.63, 3.8) is 0 Å². The van der Waals surface area contributed by atoms with Crippen LogP contribution in [0.2, 0.25) is 0 Å². The summed E-state index contributed by atoms with van der Waals surface area (Å²) >= 11 is 0. The molecule has 4 heteroatoms. The molecule has 1 N–H and O–H groups in total. The van der Waals surface area contributed by atoms with Crippen LogP contribution in [0.5, 0.6) is 0 Å². The number of hydrogen-bond acceptors (Lipinski definition) is 3. The van der Waals surface area contributed by atoms with Gasteiger partial charge in [0.1, 0.15) is 11.9 Å². The number of benzene rings is 1. The highest BCUT2D eigenvalue weighted by molar-refractivity contribution is 5.88. The highest BCUT2D eigenvalue weighted by Gasteiger charge is 2.31. The first kappa shape index (κ1) is 30.3. The zero-order valence-electron chi connectivity index (χ0n) is 24.5. The van der Waals surface area contributed by atoms with Gasteiger partial charge in [0.25, 0.3) is 0 Å². The van der Waals surface area contributed by atoms with E-state index in [1.807, 2.05) is 12.1 Å². The van der Waals surface area contributed by atoms with Gasteiger partial charge in [0.05, 0.1) is 12.2 Å². The first-order chi connectivity index (χ1) is 19.0. The average Bonchev–Trinajstić information content (AvgIpc) is 2.97.